The Hall–Kier alpha value is -0.990. The molecule has 0 rings (SSSR count). The first-order chi connectivity index (χ1) is 34.4. The molecule has 0 radical (unpaired) electrons. The predicted octanol–water partition coefficient (Wildman–Crippen LogP) is -10.2. The summed E-state index contributed by atoms with van der Waals surface area (Å²) in [6, 6.07) is 0. The smallest absolute Gasteiger partial charge is 0.121 e. The van der Waals surface area contributed by atoms with Crippen LogP contribution in [0, 0.1) is 0 Å². The van der Waals surface area contributed by atoms with Crippen LogP contribution in [0.2, 0.25) is 0 Å². The van der Waals surface area contributed by atoms with Crippen molar-refractivity contribution in [2.45, 2.75) is 0 Å². The van der Waals surface area contributed by atoms with Gasteiger partial charge in [0.25, 0.3) is 0 Å². The molecule has 0 aliphatic heterocycles. The first kappa shape index (κ1) is 132. The molecule has 0 atom stereocenters. The van der Waals surface area contributed by atoms with Crippen molar-refractivity contribution in [3.8, 4) is 0 Å². The molecule has 36 heteroatoms. The van der Waals surface area contributed by atoms with Crippen LogP contribution >= 0.6 is 0 Å². The average Bonchev–Trinajstić information content (AvgIpc) is 2.83. The molecule has 0 aromatic heterocycles. The minimum atomic E-state index is -3.17. The molecular weight excluding hydrogens is 1120 g/mol. The summed E-state index contributed by atoms with van der Waals surface area (Å²) in [5, 5.41) is 99.7. The monoisotopic (exact) mass is 1260 g/mol. The SMILES string of the molecule is C[N+](C)(C)C.C[N+](C)(C)C.C[N+](C)(C)C.C[N+](C)(C)C.C[N+](C)(C)C.C[N+](C)(C)C.C[N+](C)(C)C.C[N+](C)(C)C.C[N+](C)(C)C.C[N+](C)(C)C.C[N+](C)(C)C.C[N+](C)(C)C.[O-]B([O-])F.[O-]B([O-])F.[O-]B([O-])F.[O-]B([O-])F.[O-]B([O-])F.[O-]B([O-])F. The lowest BCUT2D eigenvalue weighted by Gasteiger charge is -2.14. The van der Waals surface area contributed by atoms with Gasteiger partial charge in [0.1, 0.15) is 44.4 Å². The average molecular weight is 1260 g/mol. The van der Waals surface area contributed by atoms with Gasteiger partial charge in [0.05, 0.1) is 338 Å². The van der Waals surface area contributed by atoms with Gasteiger partial charge in [0.2, 0.25) is 0 Å². The highest BCUT2D eigenvalue weighted by atomic mass is 19.1. The molecular formula is C48H144B6F6N12O12. The normalized spacial score (nSPS) is 10.5. The number of rotatable bonds is 0. The van der Waals surface area contributed by atoms with Gasteiger partial charge in [-0.3, -0.25) is 0 Å². The molecule has 0 bridgehead atoms. The summed E-state index contributed by atoms with van der Waals surface area (Å²) in [6.07, 6.45) is 0. The Morgan fingerprint density at radius 1 is 0.119 bits per heavy atom. The quantitative estimate of drug-likeness (QED) is 0.124. The fourth-order valence-corrected chi connectivity index (χ4v) is 0. The summed E-state index contributed by atoms with van der Waals surface area (Å²) in [5.41, 5.74) is 0. The van der Waals surface area contributed by atoms with Crippen LogP contribution in [0.25, 0.3) is 0 Å². The van der Waals surface area contributed by atoms with Gasteiger partial charge in [-0.15, -0.1) is 0 Å². The minimum Gasteiger partial charge on any atom is -0.867 e. The third kappa shape index (κ3) is 529000. The number of halogens is 6. The summed E-state index contributed by atoms with van der Waals surface area (Å²) in [4.78, 5) is 0. The van der Waals surface area contributed by atoms with Gasteiger partial charge < -0.3 is 140 Å². The van der Waals surface area contributed by atoms with Gasteiger partial charge in [-0.05, 0) is 0 Å². The molecule has 0 N–H and O–H groups in total. The molecule has 0 aliphatic carbocycles. The maximum absolute atomic E-state index is 9.89. The maximum Gasteiger partial charge on any atom is 0.121 e. The van der Waals surface area contributed by atoms with Crippen molar-refractivity contribution in [2.75, 3.05) is 338 Å². The van der Waals surface area contributed by atoms with E-state index in [0.29, 0.717) is 0 Å². The zero-order chi connectivity index (χ0) is 75.5. The summed E-state index contributed by atoms with van der Waals surface area (Å²) in [5.74, 6) is 0. The second kappa shape index (κ2) is 67.9. The highest BCUT2D eigenvalue weighted by Gasteiger charge is 1.93. The van der Waals surface area contributed by atoms with Crippen LogP contribution in [0.4, 0.5) is 25.9 Å². The van der Waals surface area contributed by atoms with Gasteiger partial charge in [0, 0.05) is 0 Å². The minimum absolute atomic E-state index is 1.00. The molecule has 0 aliphatic rings. The van der Waals surface area contributed by atoms with Crippen molar-refractivity contribution in [1.82, 2.24) is 0 Å². The Labute approximate surface area is 521 Å². The van der Waals surface area contributed by atoms with Gasteiger partial charge in [-0.25, -0.2) is 0 Å². The standard InChI is InChI=1S/12C4H12N.6BFO2/c12*1-5(2,3)4;6*2-1(3)4/h12*1-4H3;;;;;;/q12*+1;6*-2. The van der Waals surface area contributed by atoms with E-state index in [-0.39, 0.29) is 0 Å². The summed E-state index contributed by atoms with van der Waals surface area (Å²) < 4.78 is 71.3. The number of quaternary nitrogens is 12. The van der Waals surface area contributed by atoms with Crippen molar-refractivity contribution in [3.05, 3.63) is 0 Å². The van der Waals surface area contributed by atoms with Crippen molar-refractivity contribution in [3.63, 3.8) is 0 Å². The van der Waals surface area contributed by atoms with Crippen molar-refractivity contribution in [1.29, 1.82) is 0 Å². The van der Waals surface area contributed by atoms with E-state index in [2.05, 4.69) is 338 Å². The van der Waals surface area contributed by atoms with Crippen LogP contribution in [0.1, 0.15) is 0 Å². The van der Waals surface area contributed by atoms with Crippen molar-refractivity contribution < 1.29 is 140 Å². The van der Waals surface area contributed by atoms with E-state index in [9.17, 15) is 25.9 Å². The third-order valence-corrected chi connectivity index (χ3v) is 0. The first-order valence-electron chi connectivity index (χ1n) is 25.6. The maximum atomic E-state index is 9.89. The van der Waals surface area contributed by atoms with Gasteiger partial charge >= 0.3 is 0 Å². The molecule has 0 fully saturated rings. The number of hydrogen-bond donors (Lipinski definition) is 0. The van der Waals surface area contributed by atoms with Gasteiger partial charge in [0.15, 0.2) is 0 Å². The van der Waals surface area contributed by atoms with Gasteiger partial charge in [-0.1, -0.05) is 0 Å². The molecule has 0 saturated heterocycles. The van der Waals surface area contributed by atoms with E-state index >= 15 is 0 Å². The highest BCUT2D eigenvalue weighted by Crippen LogP contribution is 1.78. The molecule has 24 nitrogen and oxygen atoms in total. The molecule has 84 heavy (non-hydrogen) atoms. The first-order valence-corrected chi connectivity index (χ1v) is 25.6. The van der Waals surface area contributed by atoms with Crippen molar-refractivity contribution >= 4 is 44.4 Å². The lowest BCUT2D eigenvalue weighted by atomic mass is 10.3. The van der Waals surface area contributed by atoms with Crippen molar-refractivity contribution in [2.24, 2.45) is 0 Å². The Bertz CT molecular complexity index is 801. The summed E-state index contributed by atoms with van der Waals surface area (Å²) >= 11 is 0. The second-order valence-corrected chi connectivity index (χ2v) is 33.8. The number of hydrogen-bond acceptors (Lipinski definition) is 12. The zero-order valence-electron chi connectivity index (χ0n) is 64.0. The largest absolute Gasteiger partial charge is 0.867 e. The van der Waals surface area contributed by atoms with Crippen LogP contribution in [0.5, 0.6) is 0 Å². The van der Waals surface area contributed by atoms with E-state index in [1.54, 1.807) is 0 Å². The van der Waals surface area contributed by atoms with Crippen LogP contribution < -0.4 is 60.3 Å². The van der Waals surface area contributed by atoms with E-state index in [1.165, 1.54) is 0 Å². The lowest BCUT2D eigenvalue weighted by molar-refractivity contribution is -0.849. The topological polar surface area (TPSA) is 277 Å². The van der Waals surface area contributed by atoms with Crippen LogP contribution in [-0.4, -0.2) is 436 Å². The molecule has 0 saturated carbocycles. The van der Waals surface area contributed by atoms with Crippen LogP contribution in [0.3, 0.4) is 0 Å². The predicted molar refractivity (Wildman–Crippen MR) is 329 cm³/mol. The van der Waals surface area contributed by atoms with E-state index < -0.39 is 44.4 Å². The van der Waals surface area contributed by atoms with E-state index in [4.69, 9.17) is 60.3 Å². The highest BCUT2D eigenvalue weighted by molar-refractivity contribution is 6.28. The zero-order valence-corrected chi connectivity index (χ0v) is 64.0. The fourth-order valence-electron chi connectivity index (χ4n) is 0. The van der Waals surface area contributed by atoms with E-state index in [1.807, 2.05) is 0 Å². The Kier molecular flexibility index (Phi) is 107. The van der Waals surface area contributed by atoms with Crippen LogP contribution in [0.15, 0.2) is 0 Å². The summed E-state index contributed by atoms with van der Waals surface area (Å²) in [7, 11) is 83.0. The summed E-state index contributed by atoms with van der Waals surface area (Å²) in [6.45, 7) is 0. The Morgan fingerprint density at radius 2 is 0.119 bits per heavy atom. The molecule has 0 amide bonds. The molecule has 0 spiro atoms. The Morgan fingerprint density at radius 3 is 0.119 bits per heavy atom. The molecule has 0 aromatic rings. The van der Waals surface area contributed by atoms with Gasteiger partial charge in [-0.2, -0.15) is 0 Å². The third-order valence-electron chi connectivity index (χ3n) is 0. The second-order valence-electron chi connectivity index (χ2n) is 33.8. The molecule has 0 heterocycles. The van der Waals surface area contributed by atoms with E-state index in [0.717, 1.165) is 53.8 Å². The molecule has 0 aromatic carbocycles. The lowest BCUT2D eigenvalue weighted by Crippen LogP contribution is -2.39. The fraction of sp³-hybridized carbons (Fsp3) is 1.00. The Balaban J connectivity index is -0.0000000343. The van der Waals surface area contributed by atoms with Crippen LogP contribution in [-0.2, 0) is 0 Å². The molecule has 528 valence electrons. The number of nitrogens with zero attached hydrogens (tertiary/aromatic N) is 12. The molecule has 0 unspecified atom stereocenters.